The third-order valence-electron chi connectivity index (χ3n) is 2.36. The number of nitrogens with one attached hydrogen (secondary N) is 1. The predicted octanol–water partition coefficient (Wildman–Crippen LogP) is 0.873. The number of carboxylic acid groups (broad SMARTS) is 1. The number of unbranched alkanes of at least 4 members (excludes halogenated alkanes) is 2. The molecule has 0 saturated heterocycles. The lowest BCUT2D eigenvalue weighted by atomic mass is 10.1. The topological polar surface area (TPSA) is 92.4 Å². The van der Waals surface area contributed by atoms with Crippen LogP contribution < -0.4 is 11.1 Å². The number of carboxylic acids is 1. The molecule has 0 radical (unpaired) electrons. The highest BCUT2D eigenvalue weighted by molar-refractivity contribution is 5.86. The van der Waals surface area contributed by atoms with Crippen LogP contribution in [0, 0.1) is 0 Å². The Bertz CT molecular complexity index is 231. The first-order valence-electron chi connectivity index (χ1n) is 5.75. The number of hydrogen-bond donors (Lipinski definition) is 3. The Morgan fingerprint density at radius 1 is 1.38 bits per heavy atom. The van der Waals surface area contributed by atoms with Gasteiger partial charge in [0.25, 0.3) is 0 Å². The molecule has 0 aliphatic heterocycles. The van der Waals surface area contributed by atoms with Crippen molar-refractivity contribution in [1.82, 2.24) is 5.32 Å². The molecule has 0 spiro atoms. The highest BCUT2D eigenvalue weighted by Crippen LogP contribution is 2.03. The summed E-state index contributed by atoms with van der Waals surface area (Å²) in [4.78, 5) is 21.8. The second-order valence-corrected chi connectivity index (χ2v) is 4.11. The molecule has 0 unspecified atom stereocenters. The highest BCUT2D eigenvalue weighted by atomic mass is 16.4. The van der Waals surface area contributed by atoms with E-state index in [0.717, 1.165) is 25.7 Å². The SMILES string of the molecule is CCCCC[C@H](C)NC(=O)[C@H](N)CC(=O)O. The van der Waals surface area contributed by atoms with Crippen LogP contribution in [0.15, 0.2) is 0 Å². The third kappa shape index (κ3) is 7.23. The fraction of sp³-hybridized carbons (Fsp3) is 0.818. The van der Waals surface area contributed by atoms with E-state index >= 15 is 0 Å². The van der Waals surface area contributed by atoms with Crippen molar-refractivity contribution in [2.75, 3.05) is 0 Å². The van der Waals surface area contributed by atoms with Gasteiger partial charge in [0.2, 0.25) is 5.91 Å². The molecule has 0 rings (SSSR count). The molecule has 94 valence electrons. The highest BCUT2D eigenvalue weighted by Gasteiger charge is 2.18. The zero-order chi connectivity index (χ0) is 12.6. The molecule has 0 fully saturated rings. The maximum absolute atomic E-state index is 11.4. The summed E-state index contributed by atoms with van der Waals surface area (Å²) in [7, 11) is 0. The van der Waals surface area contributed by atoms with Gasteiger partial charge in [-0.3, -0.25) is 9.59 Å². The largest absolute Gasteiger partial charge is 0.481 e. The molecule has 2 atom stereocenters. The number of hydrogen-bond acceptors (Lipinski definition) is 3. The van der Waals surface area contributed by atoms with Crippen LogP contribution in [0.3, 0.4) is 0 Å². The second kappa shape index (κ2) is 8.10. The molecular formula is C11H22N2O3. The Labute approximate surface area is 96.4 Å². The van der Waals surface area contributed by atoms with Crippen LogP contribution >= 0.6 is 0 Å². The van der Waals surface area contributed by atoms with Gasteiger partial charge in [-0.2, -0.15) is 0 Å². The predicted molar refractivity (Wildman–Crippen MR) is 62.0 cm³/mol. The molecule has 0 heterocycles. The Morgan fingerprint density at radius 2 is 2.00 bits per heavy atom. The third-order valence-corrected chi connectivity index (χ3v) is 2.36. The minimum absolute atomic E-state index is 0.0545. The van der Waals surface area contributed by atoms with Gasteiger partial charge in [-0.25, -0.2) is 0 Å². The van der Waals surface area contributed by atoms with E-state index in [0.29, 0.717) is 0 Å². The molecule has 1 amide bonds. The summed E-state index contributed by atoms with van der Waals surface area (Å²) >= 11 is 0. The van der Waals surface area contributed by atoms with E-state index in [1.807, 2.05) is 6.92 Å². The first-order chi connectivity index (χ1) is 7.47. The van der Waals surface area contributed by atoms with Crippen LogP contribution in [0.2, 0.25) is 0 Å². The Hall–Kier alpha value is -1.10. The molecular weight excluding hydrogens is 208 g/mol. The first kappa shape index (κ1) is 14.9. The number of amides is 1. The molecule has 0 aliphatic rings. The van der Waals surface area contributed by atoms with Crippen molar-refractivity contribution < 1.29 is 14.7 Å². The summed E-state index contributed by atoms with van der Waals surface area (Å²) in [5, 5.41) is 11.2. The number of aliphatic carboxylic acids is 1. The molecule has 0 aromatic heterocycles. The Balaban J connectivity index is 3.80. The number of carbonyl (C=O) groups is 2. The lowest BCUT2D eigenvalue weighted by Gasteiger charge is -2.16. The minimum atomic E-state index is -1.05. The van der Waals surface area contributed by atoms with E-state index in [2.05, 4.69) is 12.2 Å². The van der Waals surface area contributed by atoms with Crippen molar-refractivity contribution in [2.45, 2.75) is 58.0 Å². The van der Waals surface area contributed by atoms with Crippen molar-refractivity contribution in [1.29, 1.82) is 0 Å². The average molecular weight is 230 g/mol. The van der Waals surface area contributed by atoms with Crippen molar-refractivity contribution in [3.8, 4) is 0 Å². The molecule has 5 nitrogen and oxygen atoms in total. The van der Waals surface area contributed by atoms with Gasteiger partial charge in [0.05, 0.1) is 12.5 Å². The van der Waals surface area contributed by atoms with E-state index in [1.165, 1.54) is 0 Å². The van der Waals surface area contributed by atoms with Crippen molar-refractivity contribution in [3.63, 3.8) is 0 Å². The number of rotatable bonds is 8. The fourth-order valence-corrected chi connectivity index (χ4v) is 1.40. The van der Waals surface area contributed by atoms with Crippen LogP contribution in [0.5, 0.6) is 0 Å². The van der Waals surface area contributed by atoms with E-state index in [-0.39, 0.29) is 18.4 Å². The quantitative estimate of drug-likeness (QED) is 0.539. The molecule has 0 aliphatic carbocycles. The maximum atomic E-state index is 11.4. The second-order valence-electron chi connectivity index (χ2n) is 4.11. The van der Waals surface area contributed by atoms with E-state index in [9.17, 15) is 9.59 Å². The molecule has 5 heteroatoms. The lowest BCUT2D eigenvalue weighted by Crippen LogP contribution is -2.45. The summed E-state index contributed by atoms with van der Waals surface area (Å²) in [5.74, 6) is -1.44. The van der Waals surface area contributed by atoms with Crippen molar-refractivity contribution >= 4 is 11.9 Å². The minimum Gasteiger partial charge on any atom is -0.481 e. The van der Waals surface area contributed by atoms with Gasteiger partial charge >= 0.3 is 5.97 Å². The molecule has 16 heavy (non-hydrogen) atoms. The van der Waals surface area contributed by atoms with E-state index in [4.69, 9.17) is 10.8 Å². The van der Waals surface area contributed by atoms with Gasteiger partial charge in [-0.15, -0.1) is 0 Å². The van der Waals surface area contributed by atoms with Gasteiger partial charge < -0.3 is 16.2 Å². The molecule has 4 N–H and O–H groups in total. The lowest BCUT2D eigenvalue weighted by molar-refractivity contribution is -0.139. The summed E-state index contributed by atoms with van der Waals surface area (Å²) in [6, 6.07) is -0.898. The first-order valence-corrected chi connectivity index (χ1v) is 5.75. The van der Waals surface area contributed by atoms with Crippen LogP contribution in [0.4, 0.5) is 0 Å². The summed E-state index contributed by atoms with van der Waals surface area (Å²) in [5.41, 5.74) is 5.43. The average Bonchev–Trinajstić information content (AvgIpc) is 2.16. The van der Waals surface area contributed by atoms with Crippen LogP contribution in [0.1, 0.15) is 46.0 Å². The van der Waals surface area contributed by atoms with Crippen molar-refractivity contribution in [2.24, 2.45) is 5.73 Å². The number of carbonyl (C=O) groups excluding carboxylic acids is 1. The molecule has 0 aromatic rings. The smallest absolute Gasteiger partial charge is 0.305 e. The number of nitrogens with two attached hydrogens (primary N) is 1. The maximum Gasteiger partial charge on any atom is 0.305 e. The van der Waals surface area contributed by atoms with Gasteiger partial charge in [0.1, 0.15) is 0 Å². The molecule has 0 aromatic carbocycles. The van der Waals surface area contributed by atoms with Crippen LogP contribution in [-0.2, 0) is 9.59 Å². The van der Waals surface area contributed by atoms with E-state index in [1.54, 1.807) is 0 Å². The van der Waals surface area contributed by atoms with Gasteiger partial charge in [0.15, 0.2) is 0 Å². The van der Waals surface area contributed by atoms with Gasteiger partial charge in [-0.1, -0.05) is 26.2 Å². The Kier molecular flexibility index (Phi) is 7.54. The summed E-state index contributed by atoms with van der Waals surface area (Å²) in [6.45, 7) is 4.02. The van der Waals surface area contributed by atoms with Crippen LogP contribution in [0.25, 0.3) is 0 Å². The summed E-state index contributed by atoms with van der Waals surface area (Å²) in [6.07, 6.45) is 3.92. The summed E-state index contributed by atoms with van der Waals surface area (Å²) < 4.78 is 0. The monoisotopic (exact) mass is 230 g/mol. The molecule has 0 bridgehead atoms. The normalized spacial score (nSPS) is 14.2. The van der Waals surface area contributed by atoms with Gasteiger partial charge in [0, 0.05) is 6.04 Å². The van der Waals surface area contributed by atoms with Gasteiger partial charge in [-0.05, 0) is 13.3 Å². The standard InChI is InChI=1S/C11H22N2O3/c1-3-4-5-6-8(2)13-11(16)9(12)7-10(14)15/h8-9H,3-7,12H2,1-2H3,(H,13,16)(H,14,15)/t8-,9+/m0/s1. The van der Waals surface area contributed by atoms with Crippen LogP contribution in [-0.4, -0.2) is 29.1 Å². The zero-order valence-electron chi connectivity index (χ0n) is 10.0. The van der Waals surface area contributed by atoms with Crippen molar-refractivity contribution in [3.05, 3.63) is 0 Å². The van der Waals surface area contributed by atoms with E-state index < -0.39 is 12.0 Å². The molecule has 0 saturated carbocycles. The fourth-order valence-electron chi connectivity index (χ4n) is 1.40. The zero-order valence-corrected chi connectivity index (χ0v) is 10.0. The Morgan fingerprint density at radius 3 is 2.50 bits per heavy atom.